The first-order chi connectivity index (χ1) is 11.5. The number of urea groups is 1. The van der Waals surface area contributed by atoms with Gasteiger partial charge in [0.1, 0.15) is 0 Å². The summed E-state index contributed by atoms with van der Waals surface area (Å²) in [6.45, 7) is 3.60. The Labute approximate surface area is 142 Å². The molecular formula is C19H23N3O2. The number of hydrogen-bond donors (Lipinski definition) is 4. The van der Waals surface area contributed by atoms with Gasteiger partial charge >= 0.3 is 6.03 Å². The van der Waals surface area contributed by atoms with Gasteiger partial charge in [0, 0.05) is 18.8 Å². The fourth-order valence-corrected chi connectivity index (χ4v) is 2.79. The van der Waals surface area contributed by atoms with Gasteiger partial charge in [-0.2, -0.15) is 0 Å². The van der Waals surface area contributed by atoms with Crippen LogP contribution in [0, 0.1) is 6.92 Å². The Balaban J connectivity index is 1.55. The minimum Gasteiger partial charge on any atom is -0.387 e. The minimum absolute atomic E-state index is 0.243. The van der Waals surface area contributed by atoms with Gasteiger partial charge < -0.3 is 21.1 Å². The molecule has 0 spiro atoms. The number of benzene rings is 2. The first kappa shape index (κ1) is 16.5. The zero-order valence-electron chi connectivity index (χ0n) is 13.8. The molecule has 1 fully saturated rings. The van der Waals surface area contributed by atoms with Crippen LogP contribution in [-0.4, -0.2) is 36.4 Å². The largest absolute Gasteiger partial charge is 0.387 e. The average molecular weight is 325 g/mol. The summed E-state index contributed by atoms with van der Waals surface area (Å²) in [5.41, 5.74) is 3.36. The van der Waals surface area contributed by atoms with Gasteiger partial charge in [0.15, 0.2) is 0 Å². The molecule has 0 radical (unpaired) electrons. The van der Waals surface area contributed by atoms with Gasteiger partial charge in [-0.1, -0.05) is 42.0 Å². The van der Waals surface area contributed by atoms with E-state index in [4.69, 9.17) is 0 Å². The maximum Gasteiger partial charge on any atom is 0.319 e. The Morgan fingerprint density at radius 2 is 1.75 bits per heavy atom. The van der Waals surface area contributed by atoms with Crippen LogP contribution in [0.5, 0.6) is 0 Å². The zero-order chi connectivity index (χ0) is 17.0. The molecule has 126 valence electrons. The van der Waals surface area contributed by atoms with Crippen molar-refractivity contribution in [1.82, 2.24) is 10.6 Å². The number of aryl methyl sites for hydroxylation is 1. The highest BCUT2D eigenvalue weighted by molar-refractivity contribution is 5.89. The van der Waals surface area contributed by atoms with E-state index in [1.54, 1.807) is 0 Å². The number of nitrogens with one attached hydrogen (secondary N) is 3. The molecule has 1 heterocycles. The molecule has 2 amide bonds. The van der Waals surface area contributed by atoms with Crippen molar-refractivity contribution in [2.75, 3.05) is 25.0 Å². The zero-order valence-corrected chi connectivity index (χ0v) is 13.8. The monoisotopic (exact) mass is 325 g/mol. The third-order valence-corrected chi connectivity index (χ3v) is 4.33. The molecule has 0 bridgehead atoms. The summed E-state index contributed by atoms with van der Waals surface area (Å²) >= 11 is 0. The molecule has 5 heteroatoms. The summed E-state index contributed by atoms with van der Waals surface area (Å²) in [6, 6.07) is 15.7. The topological polar surface area (TPSA) is 73.4 Å². The van der Waals surface area contributed by atoms with Crippen LogP contribution in [0.4, 0.5) is 10.5 Å². The molecule has 1 aliphatic heterocycles. The number of anilines is 1. The van der Waals surface area contributed by atoms with Gasteiger partial charge in [0.2, 0.25) is 0 Å². The van der Waals surface area contributed by atoms with Crippen molar-refractivity contribution in [1.29, 1.82) is 0 Å². The van der Waals surface area contributed by atoms with Gasteiger partial charge in [-0.25, -0.2) is 4.79 Å². The normalized spacial score (nSPS) is 19.9. The van der Waals surface area contributed by atoms with E-state index in [1.807, 2.05) is 24.3 Å². The van der Waals surface area contributed by atoms with Gasteiger partial charge in [-0.15, -0.1) is 0 Å². The van der Waals surface area contributed by atoms with Crippen LogP contribution in [-0.2, 0) is 0 Å². The Bertz CT molecular complexity index is 690. The molecule has 0 aliphatic carbocycles. The van der Waals surface area contributed by atoms with Crippen molar-refractivity contribution < 1.29 is 9.90 Å². The Morgan fingerprint density at radius 3 is 2.33 bits per heavy atom. The van der Waals surface area contributed by atoms with Crippen LogP contribution < -0.4 is 16.0 Å². The lowest BCUT2D eigenvalue weighted by Crippen LogP contribution is -2.45. The van der Waals surface area contributed by atoms with Gasteiger partial charge in [0.25, 0.3) is 0 Å². The van der Waals surface area contributed by atoms with Crippen molar-refractivity contribution in [3.63, 3.8) is 0 Å². The summed E-state index contributed by atoms with van der Waals surface area (Å²) < 4.78 is 0. The molecular weight excluding hydrogens is 302 g/mol. The van der Waals surface area contributed by atoms with Crippen molar-refractivity contribution >= 4 is 11.7 Å². The molecule has 1 saturated heterocycles. The number of amides is 2. The number of carbonyl (C=O) groups is 1. The van der Waals surface area contributed by atoms with Gasteiger partial charge in [-0.05, 0) is 43.1 Å². The molecule has 2 aromatic rings. The summed E-state index contributed by atoms with van der Waals surface area (Å²) in [6.07, 6.45) is 0.651. The predicted molar refractivity (Wildman–Crippen MR) is 96.1 cm³/mol. The summed E-state index contributed by atoms with van der Waals surface area (Å²) in [4.78, 5) is 12.0. The SMILES string of the molecule is Cc1ccc(-c2ccc(NC(=O)NC[C@]3(O)CCNC3)cc2)cc1. The number of β-amino-alcohol motifs (C(OH)–C–C–N with tert-alkyl or cyclic N) is 1. The molecule has 1 aliphatic rings. The summed E-state index contributed by atoms with van der Waals surface area (Å²) in [5.74, 6) is 0. The lowest BCUT2D eigenvalue weighted by atomic mass is 10.0. The van der Waals surface area contributed by atoms with E-state index in [2.05, 4.69) is 47.1 Å². The molecule has 2 aromatic carbocycles. The maximum atomic E-state index is 12.0. The van der Waals surface area contributed by atoms with Crippen LogP contribution in [0.15, 0.2) is 48.5 Å². The fourth-order valence-electron chi connectivity index (χ4n) is 2.79. The lowest BCUT2D eigenvalue weighted by Gasteiger charge is -2.21. The quantitative estimate of drug-likeness (QED) is 0.698. The first-order valence-electron chi connectivity index (χ1n) is 8.19. The lowest BCUT2D eigenvalue weighted by molar-refractivity contribution is 0.0640. The molecule has 0 aromatic heterocycles. The maximum absolute atomic E-state index is 12.0. The van der Waals surface area contributed by atoms with Crippen LogP contribution >= 0.6 is 0 Å². The van der Waals surface area contributed by atoms with Crippen molar-refractivity contribution in [3.8, 4) is 11.1 Å². The molecule has 1 atom stereocenters. The number of rotatable bonds is 4. The van der Waals surface area contributed by atoms with E-state index in [1.165, 1.54) is 5.56 Å². The minimum atomic E-state index is -0.841. The Morgan fingerprint density at radius 1 is 1.12 bits per heavy atom. The van der Waals surface area contributed by atoms with E-state index in [-0.39, 0.29) is 12.6 Å². The molecule has 0 unspecified atom stereocenters. The third-order valence-electron chi connectivity index (χ3n) is 4.33. The predicted octanol–water partition coefficient (Wildman–Crippen LogP) is 2.51. The highest BCUT2D eigenvalue weighted by Crippen LogP contribution is 2.21. The number of aliphatic hydroxyl groups is 1. The summed E-state index contributed by atoms with van der Waals surface area (Å²) in [7, 11) is 0. The third kappa shape index (κ3) is 4.13. The second-order valence-corrected chi connectivity index (χ2v) is 6.40. The molecule has 3 rings (SSSR count). The Kier molecular flexibility index (Phi) is 4.83. The van der Waals surface area contributed by atoms with E-state index in [9.17, 15) is 9.90 Å². The van der Waals surface area contributed by atoms with Crippen molar-refractivity contribution in [2.24, 2.45) is 0 Å². The fraction of sp³-hybridized carbons (Fsp3) is 0.316. The standard InChI is InChI=1S/C19H23N3O2/c1-14-2-4-15(5-3-14)16-6-8-17(9-7-16)22-18(23)21-13-19(24)10-11-20-12-19/h2-9,20,24H,10-13H2,1H3,(H2,21,22,23)/t19-/m0/s1. The van der Waals surface area contributed by atoms with Crippen LogP contribution in [0.2, 0.25) is 0 Å². The van der Waals surface area contributed by atoms with Crippen molar-refractivity contribution in [3.05, 3.63) is 54.1 Å². The van der Waals surface area contributed by atoms with E-state index >= 15 is 0 Å². The molecule has 4 N–H and O–H groups in total. The van der Waals surface area contributed by atoms with E-state index in [0.717, 1.165) is 23.4 Å². The van der Waals surface area contributed by atoms with Crippen LogP contribution in [0.3, 0.4) is 0 Å². The highest BCUT2D eigenvalue weighted by Gasteiger charge is 2.31. The van der Waals surface area contributed by atoms with Crippen LogP contribution in [0.1, 0.15) is 12.0 Å². The smallest absolute Gasteiger partial charge is 0.319 e. The average Bonchev–Trinajstić information content (AvgIpc) is 3.02. The van der Waals surface area contributed by atoms with E-state index < -0.39 is 5.60 Å². The molecule has 5 nitrogen and oxygen atoms in total. The van der Waals surface area contributed by atoms with Gasteiger partial charge in [0.05, 0.1) is 5.60 Å². The van der Waals surface area contributed by atoms with Gasteiger partial charge in [-0.3, -0.25) is 0 Å². The highest BCUT2D eigenvalue weighted by atomic mass is 16.3. The van der Waals surface area contributed by atoms with E-state index in [0.29, 0.717) is 13.0 Å². The Hall–Kier alpha value is -2.37. The molecule has 24 heavy (non-hydrogen) atoms. The summed E-state index contributed by atoms with van der Waals surface area (Å²) in [5, 5.41) is 18.8. The second kappa shape index (κ2) is 7.03. The molecule has 0 saturated carbocycles. The van der Waals surface area contributed by atoms with Crippen molar-refractivity contribution in [2.45, 2.75) is 18.9 Å². The number of hydrogen-bond acceptors (Lipinski definition) is 3. The van der Waals surface area contributed by atoms with Crippen LogP contribution in [0.25, 0.3) is 11.1 Å². The first-order valence-corrected chi connectivity index (χ1v) is 8.19. The second-order valence-electron chi connectivity index (χ2n) is 6.40. The number of carbonyl (C=O) groups excluding carboxylic acids is 1.